The topological polar surface area (TPSA) is 52.7 Å². The lowest BCUT2D eigenvalue weighted by Gasteiger charge is -2.36. The van der Waals surface area contributed by atoms with Gasteiger partial charge in [-0.05, 0) is 57.4 Å². The van der Waals surface area contributed by atoms with E-state index in [1.54, 1.807) is 0 Å². The molecule has 2 fully saturated rings. The first-order valence-electron chi connectivity index (χ1n) is 9.38. The van der Waals surface area contributed by atoms with Crippen molar-refractivity contribution in [2.75, 3.05) is 38.5 Å². The molecule has 1 N–H and O–H groups in total. The van der Waals surface area contributed by atoms with E-state index in [4.69, 9.17) is 0 Å². The Labute approximate surface area is 150 Å². The number of amides is 2. The molecule has 5 heteroatoms. The molecule has 2 amide bonds. The molecular formula is C20H29N3O2. The van der Waals surface area contributed by atoms with Crippen LogP contribution in [0.1, 0.15) is 31.2 Å². The Morgan fingerprint density at radius 1 is 1.00 bits per heavy atom. The first-order chi connectivity index (χ1) is 12.0. The second-order valence-electron chi connectivity index (χ2n) is 7.54. The normalized spacial score (nSPS) is 24.8. The molecule has 0 bridgehead atoms. The van der Waals surface area contributed by atoms with Gasteiger partial charge >= 0.3 is 0 Å². The Balaban J connectivity index is 1.48. The quantitative estimate of drug-likeness (QED) is 0.917. The van der Waals surface area contributed by atoms with Gasteiger partial charge in [0.1, 0.15) is 0 Å². The summed E-state index contributed by atoms with van der Waals surface area (Å²) in [7, 11) is 2.10. The third-order valence-electron chi connectivity index (χ3n) is 5.55. The van der Waals surface area contributed by atoms with E-state index in [1.165, 1.54) is 0 Å². The number of anilines is 1. The smallest absolute Gasteiger partial charge is 0.227 e. The highest BCUT2D eigenvalue weighted by atomic mass is 16.2. The molecule has 2 aliphatic rings. The monoisotopic (exact) mass is 343 g/mol. The van der Waals surface area contributed by atoms with E-state index in [2.05, 4.69) is 17.3 Å². The van der Waals surface area contributed by atoms with Gasteiger partial charge in [-0.1, -0.05) is 12.1 Å². The predicted octanol–water partition coefficient (Wildman–Crippen LogP) is 2.51. The molecule has 1 heterocycles. The van der Waals surface area contributed by atoms with Crippen LogP contribution in [0.15, 0.2) is 24.3 Å². The number of rotatable bonds is 3. The molecular weight excluding hydrogens is 314 g/mol. The average molecular weight is 343 g/mol. The van der Waals surface area contributed by atoms with E-state index in [9.17, 15) is 9.59 Å². The van der Waals surface area contributed by atoms with E-state index in [0.717, 1.165) is 63.1 Å². The van der Waals surface area contributed by atoms with Crippen molar-refractivity contribution in [3.8, 4) is 0 Å². The molecule has 0 aromatic heterocycles. The lowest BCUT2D eigenvalue weighted by Crippen LogP contribution is -2.49. The summed E-state index contributed by atoms with van der Waals surface area (Å²) in [5.41, 5.74) is 2.00. The van der Waals surface area contributed by atoms with Crippen LogP contribution in [0.3, 0.4) is 0 Å². The fourth-order valence-corrected chi connectivity index (χ4v) is 3.85. The summed E-state index contributed by atoms with van der Waals surface area (Å²) in [6.45, 7) is 5.61. The largest absolute Gasteiger partial charge is 0.340 e. The fourth-order valence-electron chi connectivity index (χ4n) is 3.85. The molecule has 0 spiro atoms. The number of aryl methyl sites for hydroxylation is 1. The molecule has 0 unspecified atom stereocenters. The minimum atomic E-state index is 0.0250. The summed E-state index contributed by atoms with van der Waals surface area (Å²) in [5, 5.41) is 3.02. The van der Waals surface area contributed by atoms with Gasteiger partial charge in [0.2, 0.25) is 11.8 Å². The van der Waals surface area contributed by atoms with E-state index in [-0.39, 0.29) is 17.7 Å². The van der Waals surface area contributed by atoms with Crippen molar-refractivity contribution in [1.82, 2.24) is 9.80 Å². The SMILES string of the molecule is Cc1cccc(NC(=O)C2CCC(C(=O)N3CCN(C)CC3)CC2)c1. The van der Waals surface area contributed by atoms with Crippen molar-refractivity contribution in [2.24, 2.45) is 11.8 Å². The zero-order chi connectivity index (χ0) is 17.8. The van der Waals surface area contributed by atoms with Crippen LogP contribution in [-0.4, -0.2) is 54.8 Å². The van der Waals surface area contributed by atoms with Crippen molar-refractivity contribution < 1.29 is 9.59 Å². The number of carbonyl (C=O) groups excluding carboxylic acids is 2. The molecule has 1 saturated heterocycles. The van der Waals surface area contributed by atoms with Gasteiger partial charge in [-0.3, -0.25) is 9.59 Å². The molecule has 136 valence electrons. The Morgan fingerprint density at radius 3 is 2.28 bits per heavy atom. The number of nitrogens with one attached hydrogen (secondary N) is 1. The van der Waals surface area contributed by atoms with E-state index in [1.807, 2.05) is 36.1 Å². The Bertz CT molecular complexity index is 615. The second kappa shape index (κ2) is 8.00. The number of hydrogen-bond acceptors (Lipinski definition) is 3. The number of likely N-dealkylation sites (N-methyl/N-ethyl adjacent to an activating group) is 1. The zero-order valence-corrected chi connectivity index (χ0v) is 15.3. The number of hydrogen-bond donors (Lipinski definition) is 1. The van der Waals surface area contributed by atoms with Gasteiger partial charge < -0.3 is 15.1 Å². The van der Waals surface area contributed by atoms with E-state index >= 15 is 0 Å². The molecule has 1 aliphatic heterocycles. The van der Waals surface area contributed by atoms with Crippen LogP contribution >= 0.6 is 0 Å². The highest BCUT2D eigenvalue weighted by molar-refractivity contribution is 5.92. The molecule has 5 nitrogen and oxygen atoms in total. The van der Waals surface area contributed by atoms with Gasteiger partial charge in [0.05, 0.1) is 0 Å². The van der Waals surface area contributed by atoms with Crippen molar-refractivity contribution in [2.45, 2.75) is 32.6 Å². The number of piperazine rings is 1. The lowest BCUT2D eigenvalue weighted by atomic mass is 9.80. The maximum Gasteiger partial charge on any atom is 0.227 e. The molecule has 0 radical (unpaired) electrons. The molecule has 3 rings (SSSR count). The van der Waals surface area contributed by atoms with Gasteiger partial charge in [0.15, 0.2) is 0 Å². The maximum absolute atomic E-state index is 12.7. The van der Waals surface area contributed by atoms with Crippen LogP contribution in [0.25, 0.3) is 0 Å². The van der Waals surface area contributed by atoms with Crippen LogP contribution in [0, 0.1) is 18.8 Å². The molecule has 1 aromatic rings. The highest BCUT2D eigenvalue weighted by Gasteiger charge is 2.32. The van der Waals surface area contributed by atoms with Crippen LogP contribution in [0.5, 0.6) is 0 Å². The lowest BCUT2D eigenvalue weighted by molar-refractivity contribution is -0.139. The summed E-state index contributed by atoms with van der Waals surface area (Å²) in [4.78, 5) is 29.4. The third kappa shape index (κ3) is 4.60. The molecule has 1 saturated carbocycles. The first-order valence-corrected chi connectivity index (χ1v) is 9.38. The van der Waals surface area contributed by atoms with Gasteiger partial charge in [0.25, 0.3) is 0 Å². The van der Waals surface area contributed by atoms with Gasteiger partial charge in [-0.25, -0.2) is 0 Å². The van der Waals surface area contributed by atoms with Gasteiger partial charge in [0, 0.05) is 43.7 Å². The summed E-state index contributed by atoms with van der Waals surface area (Å²) in [6, 6.07) is 7.88. The van der Waals surface area contributed by atoms with E-state index in [0.29, 0.717) is 5.91 Å². The molecule has 1 aliphatic carbocycles. The van der Waals surface area contributed by atoms with Crippen LogP contribution < -0.4 is 5.32 Å². The molecule has 1 aromatic carbocycles. The maximum atomic E-state index is 12.7. The summed E-state index contributed by atoms with van der Waals surface area (Å²) >= 11 is 0. The number of carbonyl (C=O) groups is 2. The predicted molar refractivity (Wildman–Crippen MR) is 99.3 cm³/mol. The van der Waals surface area contributed by atoms with Crippen LogP contribution in [-0.2, 0) is 9.59 Å². The minimum absolute atomic E-state index is 0.0250. The summed E-state index contributed by atoms with van der Waals surface area (Å²) in [5.74, 6) is 0.519. The molecule has 0 atom stereocenters. The Kier molecular flexibility index (Phi) is 5.74. The Morgan fingerprint density at radius 2 is 1.64 bits per heavy atom. The van der Waals surface area contributed by atoms with Crippen molar-refractivity contribution >= 4 is 17.5 Å². The first kappa shape index (κ1) is 17.9. The minimum Gasteiger partial charge on any atom is -0.340 e. The Hall–Kier alpha value is -1.88. The van der Waals surface area contributed by atoms with Gasteiger partial charge in [-0.2, -0.15) is 0 Å². The van der Waals surface area contributed by atoms with Gasteiger partial charge in [-0.15, -0.1) is 0 Å². The number of benzene rings is 1. The summed E-state index contributed by atoms with van der Waals surface area (Å²) in [6.07, 6.45) is 3.28. The zero-order valence-electron chi connectivity index (χ0n) is 15.3. The fraction of sp³-hybridized carbons (Fsp3) is 0.600. The highest BCUT2D eigenvalue weighted by Crippen LogP contribution is 2.31. The standard InChI is InChI=1S/C20H29N3O2/c1-15-4-3-5-18(14-15)21-19(24)16-6-8-17(9-7-16)20(25)23-12-10-22(2)11-13-23/h3-5,14,16-17H,6-13H2,1-2H3,(H,21,24). The second-order valence-corrected chi connectivity index (χ2v) is 7.54. The van der Waals surface area contributed by atoms with E-state index < -0.39 is 0 Å². The van der Waals surface area contributed by atoms with Crippen molar-refractivity contribution in [3.05, 3.63) is 29.8 Å². The number of nitrogens with zero attached hydrogens (tertiary/aromatic N) is 2. The van der Waals surface area contributed by atoms with Crippen molar-refractivity contribution in [3.63, 3.8) is 0 Å². The van der Waals surface area contributed by atoms with Crippen LogP contribution in [0.4, 0.5) is 5.69 Å². The molecule has 25 heavy (non-hydrogen) atoms. The summed E-state index contributed by atoms with van der Waals surface area (Å²) < 4.78 is 0. The average Bonchev–Trinajstić information content (AvgIpc) is 2.62. The third-order valence-corrected chi connectivity index (χ3v) is 5.55. The van der Waals surface area contributed by atoms with Crippen LogP contribution in [0.2, 0.25) is 0 Å². The van der Waals surface area contributed by atoms with Crippen molar-refractivity contribution in [1.29, 1.82) is 0 Å².